The van der Waals surface area contributed by atoms with Gasteiger partial charge in [0.15, 0.2) is 6.10 Å². The van der Waals surface area contributed by atoms with Crippen molar-refractivity contribution in [3.8, 4) is 0 Å². The Morgan fingerprint density at radius 1 is 0.694 bits per heavy atom. The van der Waals surface area contributed by atoms with E-state index in [2.05, 4.69) is 0 Å². The maximum Gasteiger partial charge on any atom is 0.266 e. The molecular formula is C30H21N3O3. The number of para-hydroxylation sites is 3. The van der Waals surface area contributed by atoms with Crippen LogP contribution in [0.3, 0.4) is 0 Å². The van der Waals surface area contributed by atoms with Crippen LogP contribution in [0.25, 0.3) is 0 Å². The number of benzene rings is 4. The van der Waals surface area contributed by atoms with Gasteiger partial charge in [0.25, 0.3) is 5.91 Å². The zero-order chi connectivity index (χ0) is 24.3. The molecule has 0 bridgehead atoms. The van der Waals surface area contributed by atoms with E-state index >= 15 is 0 Å². The van der Waals surface area contributed by atoms with E-state index in [9.17, 15) is 9.59 Å². The van der Waals surface area contributed by atoms with E-state index in [1.54, 1.807) is 17.2 Å². The molecule has 7 rings (SSSR count). The molecule has 2 amide bonds. The van der Waals surface area contributed by atoms with E-state index in [4.69, 9.17) is 9.83 Å². The summed E-state index contributed by atoms with van der Waals surface area (Å²) >= 11 is 0. The molecule has 6 nitrogen and oxygen atoms in total. The van der Waals surface area contributed by atoms with Crippen LogP contribution in [0.1, 0.15) is 11.1 Å². The van der Waals surface area contributed by atoms with E-state index in [-0.39, 0.29) is 11.8 Å². The Morgan fingerprint density at radius 3 is 2.03 bits per heavy atom. The van der Waals surface area contributed by atoms with Crippen molar-refractivity contribution in [2.45, 2.75) is 11.6 Å². The first-order valence-electron chi connectivity index (χ1n) is 11.9. The number of amides is 2. The fourth-order valence-electron chi connectivity index (χ4n) is 5.75. The fraction of sp³-hybridized carbons (Fsp3) is 0.100. The first-order chi connectivity index (χ1) is 17.7. The van der Waals surface area contributed by atoms with Gasteiger partial charge in [0.2, 0.25) is 5.91 Å². The number of hydrogen-bond acceptors (Lipinski definition) is 5. The number of imide groups is 1. The fourth-order valence-corrected chi connectivity index (χ4v) is 5.75. The number of aliphatic imine (C=N–C) groups is 1. The van der Waals surface area contributed by atoms with Gasteiger partial charge >= 0.3 is 0 Å². The molecule has 3 aliphatic heterocycles. The lowest BCUT2D eigenvalue weighted by Gasteiger charge is -2.36. The van der Waals surface area contributed by atoms with Gasteiger partial charge in [-0.3, -0.25) is 14.4 Å². The minimum absolute atomic E-state index is 0.295. The largest absolute Gasteiger partial charge is 0.273 e. The molecule has 3 atom stereocenters. The predicted molar refractivity (Wildman–Crippen MR) is 137 cm³/mol. The van der Waals surface area contributed by atoms with Gasteiger partial charge < -0.3 is 0 Å². The number of rotatable bonds is 3. The zero-order valence-corrected chi connectivity index (χ0v) is 19.2. The van der Waals surface area contributed by atoms with Crippen LogP contribution in [-0.2, 0) is 20.0 Å². The van der Waals surface area contributed by atoms with Crippen molar-refractivity contribution in [2.75, 3.05) is 9.96 Å². The summed E-state index contributed by atoms with van der Waals surface area (Å²) in [4.78, 5) is 40.7. The molecule has 0 aromatic heterocycles. The summed E-state index contributed by atoms with van der Waals surface area (Å²) in [6, 6.07) is 36.3. The number of anilines is 2. The van der Waals surface area contributed by atoms with Crippen LogP contribution < -0.4 is 9.96 Å². The third kappa shape index (κ3) is 2.67. The van der Waals surface area contributed by atoms with Gasteiger partial charge in [0.05, 0.1) is 22.8 Å². The molecule has 0 aliphatic carbocycles. The first-order valence-corrected chi connectivity index (χ1v) is 11.9. The smallest absolute Gasteiger partial charge is 0.266 e. The summed E-state index contributed by atoms with van der Waals surface area (Å²) in [6.07, 6.45) is -0.966. The van der Waals surface area contributed by atoms with Gasteiger partial charge in [-0.15, -0.1) is 0 Å². The van der Waals surface area contributed by atoms with Crippen molar-refractivity contribution in [1.29, 1.82) is 0 Å². The maximum atomic E-state index is 14.2. The van der Waals surface area contributed by atoms with Crippen LogP contribution in [0.2, 0.25) is 0 Å². The van der Waals surface area contributed by atoms with Crippen molar-refractivity contribution in [1.82, 2.24) is 0 Å². The van der Waals surface area contributed by atoms with Crippen LogP contribution >= 0.6 is 0 Å². The van der Waals surface area contributed by atoms with Gasteiger partial charge in [0, 0.05) is 5.56 Å². The second kappa shape index (κ2) is 7.73. The lowest BCUT2D eigenvalue weighted by Crippen LogP contribution is -2.51. The number of hydroxylamine groups is 1. The second-order valence-electron chi connectivity index (χ2n) is 9.09. The lowest BCUT2D eigenvalue weighted by atomic mass is 9.73. The Morgan fingerprint density at radius 2 is 1.31 bits per heavy atom. The molecule has 2 fully saturated rings. The Balaban J connectivity index is 1.51. The lowest BCUT2D eigenvalue weighted by molar-refractivity contribution is -0.126. The van der Waals surface area contributed by atoms with Gasteiger partial charge in [-0.05, 0) is 35.9 Å². The number of fused-ring (bicyclic) bond motifs is 5. The van der Waals surface area contributed by atoms with Crippen LogP contribution in [-0.4, -0.2) is 23.6 Å². The molecule has 4 aromatic rings. The maximum absolute atomic E-state index is 14.2. The predicted octanol–water partition coefficient (Wildman–Crippen LogP) is 5.03. The third-order valence-corrected chi connectivity index (χ3v) is 7.21. The zero-order valence-electron chi connectivity index (χ0n) is 19.2. The molecule has 0 saturated carbocycles. The van der Waals surface area contributed by atoms with Gasteiger partial charge in [0.1, 0.15) is 11.5 Å². The summed E-state index contributed by atoms with van der Waals surface area (Å²) in [5.41, 5.74) is 3.40. The molecule has 36 heavy (non-hydrogen) atoms. The van der Waals surface area contributed by atoms with E-state index in [0.29, 0.717) is 11.4 Å². The summed E-state index contributed by atoms with van der Waals surface area (Å²) in [5, 5.41) is 1.76. The molecule has 0 radical (unpaired) electrons. The molecule has 3 aliphatic rings. The van der Waals surface area contributed by atoms with Crippen LogP contribution in [0, 0.1) is 5.92 Å². The van der Waals surface area contributed by atoms with Gasteiger partial charge in [-0.1, -0.05) is 84.9 Å². The average molecular weight is 472 g/mol. The SMILES string of the molecule is O=C1[C@@H]2[C@@H](ON3c4ccccc4C(=Nc4ccccc4)[C@@]23c2ccccc2)C(=O)N1c1ccccc1. The highest BCUT2D eigenvalue weighted by molar-refractivity contribution is 6.29. The summed E-state index contributed by atoms with van der Waals surface area (Å²) in [7, 11) is 0. The third-order valence-electron chi connectivity index (χ3n) is 7.21. The van der Waals surface area contributed by atoms with E-state index in [1.165, 1.54) is 4.90 Å². The van der Waals surface area contributed by atoms with Gasteiger partial charge in [-0.25, -0.2) is 15.0 Å². The number of nitrogens with zero attached hydrogens (tertiary/aromatic N) is 3. The molecule has 2 saturated heterocycles. The highest BCUT2D eigenvalue weighted by atomic mass is 16.7. The highest BCUT2D eigenvalue weighted by Gasteiger charge is 2.72. The number of hydrogen-bond donors (Lipinski definition) is 0. The Kier molecular flexibility index (Phi) is 4.46. The first kappa shape index (κ1) is 20.8. The normalized spacial score (nSPS) is 25.3. The van der Waals surface area contributed by atoms with Crippen LogP contribution in [0.15, 0.2) is 120 Å². The minimum atomic E-state index is -1.11. The average Bonchev–Trinajstić information content (AvgIpc) is 3.51. The summed E-state index contributed by atoms with van der Waals surface area (Å²) < 4.78 is 0. The molecule has 0 N–H and O–H groups in total. The topological polar surface area (TPSA) is 62.2 Å². The Bertz CT molecular complexity index is 1520. The number of carbonyl (C=O) groups excluding carboxylic acids is 2. The van der Waals surface area contributed by atoms with E-state index < -0.39 is 17.6 Å². The van der Waals surface area contributed by atoms with Crippen LogP contribution in [0.5, 0.6) is 0 Å². The molecular weight excluding hydrogens is 450 g/mol. The van der Waals surface area contributed by atoms with Crippen molar-refractivity contribution >= 4 is 34.6 Å². The minimum Gasteiger partial charge on any atom is -0.273 e. The summed E-state index contributed by atoms with van der Waals surface area (Å²) in [6.45, 7) is 0. The van der Waals surface area contributed by atoms with Crippen molar-refractivity contribution in [3.63, 3.8) is 0 Å². The van der Waals surface area contributed by atoms with Crippen molar-refractivity contribution < 1.29 is 14.4 Å². The van der Waals surface area contributed by atoms with Gasteiger partial charge in [-0.2, -0.15) is 0 Å². The second-order valence-corrected chi connectivity index (χ2v) is 9.09. The van der Waals surface area contributed by atoms with E-state index in [1.807, 2.05) is 103 Å². The molecule has 174 valence electrons. The van der Waals surface area contributed by atoms with Crippen molar-refractivity contribution in [3.05, 3.63) is 126 Å². The summed E-state index contributed by atoms with van der Waals surface area (Å²) in [5.74, 6) is -1.48. The molecule has 0 unspecified atom stereocenters. The van der Waals surface area contributed by atoms with Crippen molar-refractivity contribution in [2.24, 2.45) is 10.9 Å². The Labute approximate surface area is 208 Å². The van der Waals surface area contributed by atoms with E-state index in [0.717, 1.165) is 22.5 Å². The molecule has 0 spiro atoms. The quantitative estimate of drug-likeness (QED) is 0.394. The highest BCUT2D eigenvalue weighted by Crippen LogP contribution is 2.58. The Hall–Kier alpha value is -4.55. The molecule has 6 heteroatoms. The number of carbonyl (C=O) groups is 2. The standard InChI is InChI=1S/C30H21N3O3/c34-28-25-26(29(35)32(28)22-16-8-3-9-17-22)36-33-24-19-11-10-18-23(24)27(31-21-14-6-2-7-15-21)30(25,33)20-12-4-1-5-13-20/h1-19,25-26H/t25-,26+,30+/m0/s1. The molecule has 4 aromatic carbocycles. The monoisotopic (exact) mass is 471 g/mol. The van der Waals surface area contributed by atoms with Crippen LogP contribution in [0.4, 0.5) is 17.1 Å². The molecule has 3 heterocycles.